The molecule has 0 radical (unpaired) electrons. The van der Waals surface area contributed by atoms with Gasteiger partial charge in [0.05, 0.1) is 11.3 Å². The molecule has 0 saturated carbocycles. The van der Waals surface area contributed by atoms with Crippen LogP contribution in [0.25, 0.3) is 0 Å². The third kappa shape index (κ3) is 4.18. The van der Waals surface area contributed by atoms with Gasteiger partial charge in [-0.05, 0) is 38.5 Å². The van der Waals surface area contributed by atoms with Crippen LogP contribution in [0.15, 0.2) is 30.6 Å². The van der Waals surface area contributed by atoms with Crippen LogP contribution in [0.3, 0.4) is 0 Å². The van der Waals surface area contributed by atoms with E-state index < -0.39 is 0 Å². The van der Waals surface area contributed by atoms with Gasteiger partial charge >= 0.3 is 0 Å². The van der Waals surface area contributed by atoms with Gasteiger partial charge in [0.25, 0.3) is 0 Å². The van der Waals surface area contributed by atoms with Crippen molar-refractivity contribution in [2.45, 2.75) is 32.7 Å². The standard InChI is InChI=1S/C16H20ClN5/c1-16(2,3)22-15-13(14(19)20-9-21-15)12(18)8-10-5-4-6-11(17)7-10/h4-7,9,18H,8H2,1-3H3,(H3,19,20,21,22). The van der Waals surface area contributed by atoms with E-state index in [2.05, 4.69) is 15.3 Å². The Bertz CT molecular complexity index is 691. The summed E-state index contributed by atoms with van der Waals surface area (Å²) in [6.07, 6.45) is 1.82. The minimum absolute atomic E-state index is 0.189. The number of hydrogen-bond donors (Lipinski definition) is 3. The highest BCUT2D eigenvalue weighted by molar-refractivity contribution is 6.30. The average Bonchev–Trinajstić information content (AvgIpc) is 2.36. The molecular formula is C16H20ClN5. The van der Waals surface area contributed by atoms with E-state index in [-0.39, 0.29) is 5.54 Å². The highest BCUT2D eigenvalue weighted by atomic mass is 35.5. The van der Waals surface area contributed by atoms with Crippen molar-refractivity contribution in [3.8, 4) is 0 Å². The molecular weight excluding hydrogens is 298 g/mol. The van der Waals surface area contributed by atoms with Crippen molar-refractivity contribution in [3.05, 3.63) is 46.7 Å². The summed E-state index contributed by atoms with van der Waals surface area (Å²) in [4.78, 5) is 8.25. The molecule has 0 aliphatic carbocycles. The second kappa shape index (κ2) is 6.32. The number of anilines is 2. The normalized spacial score (nSPS) is 11.3. The number of rotatable bonds is 4. The summed E-state index contributed by atoms with van der Waals surface area (Å²) >= 11 is 5.99. The average molecular weight is 318 g/mol. The molecule has 0 amide bonds. The molecule has 6 heteroatoms. The van der Waals surface area contributed by atoms with Crippen molar-refractivity contribution in [2.75, 3.05) is 11.1 Å². The molecule has 0 atom stereocenters. The van der Waals surface area contributed by atoms with E-state index in [0.29, 0.717) is 34.4 Å². The summed E-state index contributed by atoms with van der Waals surface area (Å²) < 4.78 is 0. The largest absolute Gasteiger partial charge is 0.383 e. The predicted octanol–water partition coefficient (Wildman–Crippen LogP) is 3.53. The number of nitrogen functional groups attached to an aromatic ring is 1. The molecule has 0 aliphatic rings. The maximum Gasteiger partial charge on any atom is 0.141 e. The van der Waals surface area contributed by atoms with Crippen molar-refractivity contribution in [3.63, 3.8) is 0 Å². The first-order chi connectivity index (χ1) is 10.3. The monoisotopic (exact) mass is 317 g/mol. The first kappa shape index (κ1) is 16.2. The number of aromatic nitrogens is 2. The third-order valence-electron chi connectivity index (χ3n) is 2.94. The smallest absolute Gasteiger partial charge is 0.141 e. The van der Waals surface area contributed by atoms with Crippen molar-refractivity contribution >= 4 is 28.9 Å². The summed E-state index contributed by atoms with van der Waals surface area (Å²) in [6, 6.07) is 7.44. The van der Waals surface area contributed by atoms with Crippen LogP contribution in [0.4, 0.5) is 11.6 Å². The van der Waals surface area contributed by atoms with Gasteiger partial charge in [-0.1, -0.05) is 23.7 Å². The quantitative estimate of drug-likeness (QED) is 0.753. The van der Waals surface area contributed by atoms with Gasteiger partial charge < -0.3 is 16.5 Å². The van der Waals surface area contributed by atoms with Crippen molar-refractivity contribution in [1.29, 1.82) is 5.41 Å². The van der Waals surface area contributed by atoms with E-state index in [4.69, 9.17) is 22.7 Å². The molecule has 1 heterocycles. The fraction of sp³-hybridized carbons (Fsp3) is 0.312. The summed E-state index contributed by atoms with van der Waals surface area (Å²) in [5.41, 5.74) is 7.62. The SMILES string of the molecule is CC(C)(C)Nc1ncnc(N)c1C(=N)Cc1cccc(Cl)c1. The van der Waals surface area contributed by atoms with Crippen LogP contribution >= 0.6 is 11.6 Å². The van der Waals surface area contributed by atoms with Crippen molar-refractivity contribution in [2.24, 2.45) is 0 Å². The Hall–Kier alpha value is -2.14. The van der Waals surface area contributed by atoms with Crippen LogP contribution in [-0.4, -0.2) is 21.2 Å². The minimum Gasteiger partial charge on any atom is -0.383 e. The van der Waals surface area contributed by atoms with E-state index in [0.717, 1.165) is 5.56 Å². The van der Waals surface area contributed by atoms with Crippen LogP contribution in [0.5, 0.6) is 0 Å². The van der Waals surface area contributed by atoms with Crippen molar-refractivity contribution in [1.82, 2.24) is 9.97 Å². The van der Waals surface area contributed by atoms with E-state index in [9.17, 15) is 0 Å². The fourth-order valence-corrected chi connectivity index (χ4v) is 2.30. The Balaban J connectivity index is 2.32. The lowest BCUT2D eigenvalue weighted by Gasteiger charge is -2.23. The molecule has 116 valence electrons. The van der Waals surface area contributed by atoms with Gasteiger partial charge in [-0.3, -0.25) is 0 Å². The molecule has 0 unspecified atom stereocenters. The highest BCUT2D eigenvalue weighted by Gasteiger charge is 2.19. The zero-order valence-corrected chi connectivity index (χ0v) is 13.7. The fourth-order valence-electron chi connectivity index (χ4n) is 2.09. The summed E-state index contributed by atoms with van der Waals surface area (Å²) in [7, 11) is 0. The molecule has 4 N–H and O–H groups in total. The van der Waals surface area contributed by atoms with Gasteiger partial charge in [0.1, 0.15) is 18.0 Å². The Morgan fingerprint density at radius 1 is 1.32 bits per heavy atom. The van der Waals surface area contributed by atoms with E-state index >= 15 is 0 Å². The van der Waals surface area contributed by atoms with Gasteiger partial charge in [0, 0.05) is 17.0 Å². The molecule has 22 heavy (non-hydrogen) atoms. The first-order valence-electron chi connectivity index (χ1n) is 6.97. The lowest BCUT2D eigenvalue weighted by Crippen LogP contribution is -2.28. The number of nitrogens with zero attached hydrogens (tertiary/aromatic N) is 2. The zero-order valence-electron chi connectivity index (χ0n) is 12.9. The van der Waals surface area contributed by atoms with E-state index in [1.807, 2.05) is 39.0 Å². The zero-order chi connectivity index (χ0) is 16.3. The Kier molecular flexibility index (Phi) is 4.66. The molecule has 0 spiro atoms. The Morgan fingerprint density at radius 3 is 2.68 bits per heavy atom. The maximum absolute atomic E-state index is 8.38. The second-order valence-corrected chi connectivity index (χ2v) is 6.58. The Morgan fingerprint density at radius 2 is 2.05 bits per heavy atom. The minimum atomic E-state index is -0.189. The molecule has 2 rings (SSSR count). The van der Waals surface area contributed by atoms with Gasteiger partial charge in [0.15, 0.2) is 0 Å². The summed E-state index contributed by atoms with van der Waals surface area (Å²) in [5, 5.41) is 12.3. The molecule has 5 nitrogen and oxygen atoms in total. The summed E-state index contributed by atoms with van der Waals surface area (Å²) in [6.45, 7) is 6.07. The lowest BCUT2D eigenvalue weighted by atomic mass is 10.0. The van der Waals surface area contributed by atoms with Gasteiger partial charge in [0.2, 0.25) is 0 Å². The third-order valence-corrected chi connectivity index (χ3v) is 3.18. The number of nitrogens with two attached hydrogens (primary N) is 1. The number of hydrogen-bond acceptors (Lipinski definition) is 5. The topological polar surface area (TPSA) is 87.7 Å². The van der Waals surface area contributed by atoms with E-state index in [1.54, 1.807) is 6.07 Å². The number of halogens is 1. The van der Waals surface area contributed by atoms with E-state index in [1.165, 1.54) is 6.33 Å². The Labute approximate surface area is 135 Å². The molecule has 0 aliphatic heterocycles. The first-order valence-corrected chi connectivity index (χ1v) is 7.35. The maximum atomic E-state index is 8.38. The lowest BCUT2D eigenvalue weighted by molar-refractivity contribution is 0.630. The number of nitrogens with one attached hydrogen (secondary N) is 2. The second-order valence-electron chi connectivity index (χ2n) is 6.14. The van der Waals surface area contributed by atoms with Gasteiger partial charge in [-0.25, -0.2) is 9.97 Å². The van der Waals surface area contributed by atoms with Gasteiger partial charge in [-0.15, -0.1) is 0 Å². The van der Waals surface area contributed by atoms with Crippen LogP contribution in [0, 0.1) is 5.41 Å². The molecule has 1 aromatic heterocycles. The van der Waals surface area contributed by atoms with Crippen LogP contribution < -0.4 is 11.1 Å². The molecule has 2 aromatic rings. The van der Waals surface area contributed by atoms with Crippen molar-refractivity contribution < 1.29 is 0 Å². The van der Waals surface area contributed by atoms with Gasteiger partial charge in [-0.2, -0.15) is 0 Å². The van der Waals surface area contributed by atoms with Crippen LogP contribution in [0.1, 0.15) is 31.9 Å². The van der Waals surface area contributed by atoms with Crippen LogP contribution in [0.2, 0.25) is 5.02 Å². The predicted molar refractivity (Wildman–Crippen MR) is 91.8 cm³/mol. The highest BCUT2D eigenvalue weighted by Crippen LogP contribution is 2.23. The molecule has 0 saturated heterocycles. The molecule has 1 aromatic carbocycles. The van der Waals surface area contributed by atoms with Crippen LogP contribution in [-0.2, 0) is 6.42 Å². The number of benzene rings is 1. The summed E-state index contributed by atoms with van der Waals surface area (Å²) in [5.74, 6) is 0.876. The molecule has 0 fully saturated rings. The molecule has 0 bridgehead atoms.